The van der Waals surface area contributed by atoms with E-state index in [0.29, 0.717) is 0 Å². The molecule has 0 aromatic rings. The minimum Gasteiger partial charge on any atom is -0.464 e. The summed E-state index contributed by atoms with van der Waals surface area (Å²) in [5, 5.41) is 0. The number of carbonyl (C=O) groups excluding carboxylic acids is 2. The molecule has 0 saturated heterocycles. The summed E-state index contributed by atoms with van der Waals surface area (Å²) in [6.07, 6.45) is 0. The van der Waals surface area contributed by atoms with Crippen LogP contribution in [0.1, 0.15) is 13.8 Å². The normalized spacial score (nSPS) is 10.9. The summed E-state index contributed by atoms with van der Waals surface area (Å²) in [7, 11) is 0. The average molecular weight is 218 g/mol. The van der Waals surface area contributed by atoms with Gasteiger partial charge < -0.3 is 20.9 Å². The fourth-order valence-corrected chi connectivity index (χ4v) is 0.711. The lowest BCUT2D eigenvalue weighted by Crippen LogP contribution is -2.31. The molecule has 0 saturated carbocycles. The molecule has 0 rings (SSSR count). The van der Waals surface area contributed by atoms with E-state index in [1.165, 1.54) is 0 Å². The maximum Gasteiger partial charge on any atom is 0.319 e. The molecule has 0 aromatic heterocycles. The minimum absolute atomic E-state index is 0.154. The lowest BCUT2D eigenvalue weighted by atomic mass is 9.96. The highest BCUT2D eigenvalue weighted by atomic mass is 16.5. The monoisotopic (exact) mass is 218 g/mol. The predicted octanol–water partition coefficient (Wildman–Crippen LogP) is -0.984. The van der Waals surface area contributed by atoms with E-state index in [2.05, 4.69) is 0 Å². The number of rotatable bonds is 6. The quantitative estimate of drug-likeness (QED) is 0.555. The van der Waals surface area contributed by atoms with Crippen molar-refractivity contribution >= 4 is 11.9 Å². The van der Waals surface area contributed by atoms with E-state index in [4.69, 9.17) is 20.9 Å². The molecule has 0 spiro atoms. The summed E-state index contributed by atoms with van der Waals surface area (Å²) in [5.41, 5.74) is 9.70. The molecule has 6 nitrogen and oxygen atoms in total. The van der Waals surface area contributed by atoms with Crippen molar-refractivity contribution in [1.82, 2.24) is 0 Å². The summed E-state index contributed by atoms with van der Waals surface area (Å²) in [4.78, 5) is 21.6. The van der Waals surface area contributed by atoms with Crippen LogP contribution >= 0.6 is 0 Å². The third kappa shape index (κ3) is 6.87. The standard InChI is InChI=1S/C9H18N2O4/c1-9(2,5-14-7(12)3-10)6-15-8(13)4-11/h3-6,10-11H2,1-2H3. The first kappa shape index (κ1) is 13.9. The Morgan fingerprint density at radius 3 is 1.60 bits per heavy atom. The highest BCUT2D eigenvalue weighted by Gasteiger charge is 2.22. The van der Waals surface area contributed by atoms with Crippen molar-refractivity contribution in [2.24, 2.45) is 16.9 Å². The van der Waals surface area contributed by atoms with Gasteiger partial charge in [-0.1, -0.05) is 13.8 Å². The van der Waals surface area contributed by atoms with Crippen LogP contribution in [-0.4, -0.2) is 38.2 Å². The third-order valence-corrected chi connectivity index (χ3v) is 1.58. The van der Waals surface area contributed by atoms with Crippen LogP contribution in [0.2, 0.25) is 0 Å². The topological polar surface area (TPSA) is 105 Å². The molecule has 6 heteroatoms. The van der Waals surface area contributed by atoms with Gasteiger partial charge in [0.1, 0.15) is 0 Å². The van der Waals surface area contributed by atoms with Gasteiger partial charge in [-0.25, -0.2) is 0 Å². The second kappa shape index (κ2) is 6.36. The molecule has 0 unspecified atom stereocenters. The molecule has 88 valence electrons. The number of carbonyl (C=O) groups is 2. The van der Waals surface area contributed by atoms with Gasteiger partial charge in [-0.2, -0.15) is 0 Å². The predicted molar refractivity (Wildman–Crippen MR) is 53.8 cm³/mol. The number of hydrogen-bond donors (Lipinski definition) is 2. The molecule has 0 amide bonds. The lowest BCUT2D eigenvalue weighted by Gasteiger charge is -2.23. The molecule has 0 heterocycles. The number of nitrogens with two attached hydrogens (primary N) is 2. The largest absolute Gasteiger partial charge is 0.464 e. The molecule has 0 atom stereocenters. The van der Waals surface area contributed by atoms with Gasteiger partial charge in [-0.05, 0) is 0 Å². The van der Waals surface area contributed by atoms with E-state index in [1.807, 2.05) is 0 Å². The van der Waals surface area contributed by atoms with Crippen LogP contribution in [0.5, 0.6) is 0 Å². The maximum absolute atomic E-state index is 10.8. The van der Waals surface area contributed by atoms with Crippen molar-refractivity contribution in [1.29, 1.82) is 0 Å². The van der Waals surface area contributed by atoms with Crippen LogP contribution in [0, 0.1) is 5.41 Å². The Balaban J connectivity index is 3.86. The molecular formula is C9H18N2O4. The second-order valence-electron chi connectivity index (χ2n) is 3.89. The van der Waals surface area contributed by atoms with Gasteiger partial charge in [-0.15, -0.1) is 0 Å². The van der Waals surface area contributed by atoms with Gasteiger partial charge >= 0.3 is 11.9 Å². The zero-order chi connectivity index (χ0) is 11.9. The van der Waals surface area contributed by atoms with Gasteiger partial charge in [0, 0.05) is 5.41 Å². The summed E-state index contributed by atoms with van der Waals surface area (Å²) in [5.74, 6) is -0.957. The minimum atomic E-state index is -0.478. The van der Waals surface area contributed by atoms with Crippen molar-refractivity contribution in [3.63, 3.8) is 0 Å². The zero-order valence-corrected chi connectivity index (χ0v) is 9.12. The molecule has 0 aliphatic rings. The molecule has 15 heavy (non-hydrogen) atoms. The van der Waals surface area contributed by atoms with Gasteiger partial charge in [0.15, 0.2) is 0 Å². The van der Waals surface area contributed by atoms with E-state index in [1.54, 1.807) is 13.8 Å². The van der Waals surface area contributed by atoms with Crippen molar-refractivity contribution in [3.05, 3.63) is 0 Å². The van der Waals surface area contributed by atoms with Crippen molar-refractivity contribution < 1.29 is 19.1 Å². The van der Waals surface area contributed by atoms with E-state index in [0.717, 1.165) is 0 Å². The molecule has 4 N–H and O–H groups in total. The lowest BCUT2D eigenvalue weighted by molar-refractivity contribution is -0.150. The molecule has 0 fully saturated rings. The van der Waals surface area contributed by atoms with Crippen molar-refractivity contribution in [3.8, 4) is 0 Å². The van der Waals surface area contributed by atoms with E-state index < -0.39 is 17.4 Å². The first-order valence-corrected chi connectivity index (χ1v) is 4.62. The van der Waals surface area contributed by atoms with Crippen LogP contribution in [0.3, 0.4) is 0 Å². The van der Waals surface area contributed by atoms with Gasteiger partial charge in [0.2, 0.25) is 0 Å². The van der Waals surface area contributed by atoms with Crippen LogP contribution in [0.25, 0.3) is 0 Å². The molecule has 0 radical (unpaired) electrons. The molecule has 0 bridgehead atoms. The molecular weight excluding hydrogens is 200 g/mol. The Morgan fingerprint density at radius 2 is 1.33 bits per heavy atom. The van der Waals surface area contributed by atoms with E-state index in [-0.39, 0.29) is 26.3 Å². The smallest absolute Gasteiger partial charge is 0.319 e. The third-order valence-electron chi connectivity index (χ3n) is 1.58. The first-order valence-electron chi connectivity index (χ1n) is 4.62. The van der Waals surface area contributed by atoms with Crippen molar-refractivity contribution in [2.45, 2.75) is 13.8 Å². The summed E-state index contributed by atoms with van der Waals surface area (Å²) in [6, 6.07) is 0. The first-order chi connectivity index (χ1) is 6.91. The fraction of sp³-hybridized carbons (Fsp3) is 0.778. The highest BCUT2D eigenvalue weighted by molar-refractivity contribution is 5.71. The number of ether oxygens (including phenoxy) is 2. The maximum atomic E-state index is 10.8. The number of esters is 2. The Labute approximate surface area is 88.9 Å². The summed E-state index contributed by atoms with van der Waals surface area (Å²) < 4.78 is 9.67. The Kier molecular flexibility index (Phi) is 5.88. The average Bonchev–Trinajstić information content (AvgIpc) is 2.22. The van der Waals surface area contributed by atoms with Crippen LogP contribution in [-0.2, 0) is 19.1 Å². The molecule has 0 aromatic carbocycles. The number of hydrogen-bond acceptors (Lipinski definition) is 6. The zero-order valence-electron chi connectivity index (χ0n) is 9.12. The van der Waals surface area contributed by atoms with Crippen LogP contribution in [0.4, 0.5) is 0 Å². The fourth-order valence-electron chi connectivity index (χ4n) is 0.711. The Bertz CT molecular complexity index is 206. The summed E-state index contributed by atoms with van der Waals surface area (Å²) in [6.45, 7) is 3.61. The second-order valence-corrected chi connectivity index (χ2v) is 3.89. The summed E-state index contributed by atoms with van der Waals surface area (Å²) >= 11 is 0. The Hall–Kier alpha value is -1.14. The SMILES string of the molecule is CC(C)(COC(=O)CN)COC(=O)CN. The molecule has 0 aliphatic carbocycles. The Morgan fingerprint density at radius 1 is 1.00 bits per heavy atom. The molecule has 0 aliphatic heterocycles. The van der Waals surface area contributed by atoms with Gasteiger partial charge in [-0.3, -0.25) is 9.59 Å². The van der Waals surface area contributed by atoms with Gasteiger partial charge in [0.05, 0.1) is 26.3 Å². The highest BCUT2D eigenvalue weighted by Crippen LogP contribution is 2.15. The van der Waals surface area contributed by atoms with Gasteiger partial charge in [0.25, 0.3) is 0 Å². The van der Waals surface area contributed by atoms with Crippen LogP contribution in [0.15, 0.2) is 0 Å². The van der Waals surface area contributed by atoms with Crippen molar-refractivity contribution in [2.75, 3.05) is 26.3 Å². The van der Waals surface area contributed by atoms with E-state index >= 15 is 0 Å². The van der Waals surface area contributed by atoms with Crippen LogP contribution < -0.4 is 11.5 Å². The van der Waals surface area contributed by atoms with E-state index in [9.17, 15) is 9.59 Å².